The highest BCUT2D eigenvalue weighted by molar-refractivity contribution is 5.68. The summed E-state index contributed by atoms with van der Waals surface area (Å²) in [6, 6.07) is 17.0. The van der Waals surface area contributed by atoms with Crippen molar-refractivity contribution in [1.29, 1.82) is 0 Å². The third-order valence-corrected chi connectivity index (χ3v) is 12.2. The molecule has 2 saturated carbocycles. The average molecular weight is 887 g/mol. The van der Waals surface area contributed by atoms with Crippen LogP contribution in [0.3, 0.4) is 0 Å². The lowest BCUT2D eigenvalue weighted by Gasteiger charge is -2.34. The molecule has 0 aromatic heterocycles. The van der Waals surface area contributed by atoms with Gasteiger partial charge in [-0.15, -0.1) is 0 Å². The first kappa shape index (κ1) is 63.9. The van der Waals surface area contributed by atoms with Gasteiger partial charge in [0.05, 0.1) is 0 Å². The summed E-state index contributed by atoms with van der Waals surface area (Å²) in [5, 5.41) is 6.15. The molecule has 0 spiro atoms. The number of amides is 2. The Bertz CT molecular complexity index is 1220. The van der Waals surface area contributed by atoms with E-state index in [4.69, 9.17) is 18.9 Å². The van der Waals surface area contributed by atoms with Crippen LogP contribution in [0.2, 0.25) is 0 Å². The quantitative estimate of drug-likeness (QED) is 0.0827. The lowest BCUT2D eigenvalue weighted by molar-refractivity contribution is 0.115. The smallest absolute Gasteiger partial charge is 0.407 e. The van der Waals surface area contributed by atoms with Gasteiger partial charge >= 0.3 is 12.2 Å². The van der Waals surface area contributed by atoms with Crippen LogP contribution in [0.1, 0.15) is 217 Å². The molecule has 0 unspecified atom stereocenters. The fourth-order valence-electron chi connectivity index (χ4n) is 8.64. The van der Waals surface area contributed by atoms with E-state index in [1.807, 2.05) is 24.3 Å². The highest BCUT2D eigenvalue weighted by Crippen LogP contribution is 2.35. The molecule has 2 fully saturated rings. The average Bonchev–Trinajstić information content (AvgIpc) is 3.23. The molecule has 0 bridgehead atoms. The van der Waals surface area contributed by atoms with Gasteiger partial charge in [0.1, 0.15) is 37.9 Å². The Hall–Kier alpha value is -3.42. The van der Waals surface area contributed by atoms with Crippen molar-refractivity contribution in [2.45, 2.75) is 231 Å². The zero-order valence-electron chi connectivity index (χ0n) is 35.9. The Labute approximate surface area is 390 Å². The number of rotatable bonds is 28. The Balaban J connectivity index is -0.00000600. The van der Waals surface area contributed by atoms with E-state index in [1.54, 1.807) is 0 Å². The van der Waals surface area contributed by atoms with Crippen molar-refractivity contribution in [3.8, 4) is 11.5 Å². The lowest BCUT2D eigenvalue weighted by atomic mass is 9.76. The minimum atomic E-state index is -0.345. The zero-order chi connectivity index (χ0) is 40.2. The maximum Gasteiger partial charge on any atom is 0.407 e. The summed E-state index contributed by atoms with van der Waals surface area (Å²) in [5.41, 5.74) is 2.70. The molecule has 4 rings (SSSR count). The van der Waals surface area contributed by atoms with E-state index in [0.717, 1.165) is 75.7 Å². The molecule has 0 heterocycles. The molecule has 63 heavy (non-hydrogen) atoms. The second-order valence-electron chi connectivity index (χ2n) is 17.0. The van der Waals surface area contributed by atoms with Crippen molar-refractivity contribution in [3.05, 3.63) is 59.7 Å². The van der Waals surface area contributed by atoms with Crippen LogP contribution in [-0.2, 0) is 22.3 Å². The van der Waals surface area contributed by atoms with E-state index in [9.17, 15) is 9.59 Å². The van der Waals surface area contributed by atoms with Crippen LogP contribution in [0.25, 0.3) is 0 Å². The molecule has 0 aliphatic heterocycles. The zero-order valence-corrected chi connectivity index (χ0v) is 35.9. The summed E-state index contributed by atoms with van der Waals surface area (Å²) < 4.78 is 22.5. The van der Waals surface area contributed by atoms with E-state index in [-0.39, 0.29) is 82.0 Å². The summed E-state index contributed by atoms with van der Waals surface area (Å²) in [6.07, 6.45) is 29.9. The van der Waals surface area contributed by atoms with Crippen molar-refractivity contribution in [1.82, 2.24) is 10.6 Å². The van der Waals surface area contributed by atoms with Crippen molar-refractivity contribution in [2.75, 3.05) is 26.4 Å². The number of nitrogens with one attached hydrogen (secondary N) is 2. The first-order valence-corrected chi connectivity index (χ1v) is 23.3. The predicted molar refractivity (Wildman–Crippen MR) is 273 cm³/mol. The fraction of sp³-hybridized carbons (Fsp3) is 0.745. The van der Waals surface area contributed by atoms with Crippen LogP contribution < -0.4 is 20.1 Å². The number of aryl methyl sites for hydroxylation is 2. The van der Waals surface area contributed by atoms with Crippen LogP contribution in [0.15, 0.2) is 48.5 Å². The number of alkyl carbamates (subject to hydrolysis) is 2. The topological polar surface area (TPSA) is 95.1 Å². The van der Waals surface area contributed by atoms with Gasteiger partial charge in [0, 0.05) is 12.1 Å². The number of benzene rings is 2. The van der Waals surface area contributed by atoms with Crippen LogP contribution in [0, 0.1) is 11.8 Å². The molecular weight excluding hydrogens is 785 g/mol. The Morgan fingerprint density at radius 3 is 1.10 bits per heavy atom. The van der Waals surface area contributed by atoms with Crippen LogP contribution in [-0.4, -0.2) is 50.7 Å². The highest BCUT2D eigenvalue weighted by atomic mass is 16.6. The molecule has 0 radical (unpaired) electrons. The molecule has 2 aliphatic rings. The van der Waals surface area contributed by atoms with Crippen LogP contribution in [0.4, 0.5) is 9.59 Å². The summed E-state index contributed by atoms with van der Waals surface area (Å²) in [4.78, 5) is 24.9. The Kier molecular flexibility index (Phi) is 40.7. The van der Waals surface area contributed by atoms with Crippen molar-refractivity contribution in [3.63, 3.8) is 0 Å². The van der Waals surface area contributed by atoms with E-state index in [1.165, 1.54) is 107 Å². The third-order valence-electron chi connectivity index (χ3n) is 12.2. The van der Waals surface area contributed by atoms with Gasteiger partial charge in [-0.1, -0.05) is 160 Å². The normalized spacial score (nSPS) is 17.6. The van der Waals surface area contributed by atoms with Crippen molar-refractivity contribution < 1.29 is 28.5 Å². The minimum absolute atomic E-state index is 0. The number of carbonyl (C=O) groups is 2. The Morgan fingerprint density at radius 1 is 0.444 bits per heavy atom. The summed E-state index contributed by atoms with van der Waals surface area (Å²) >= 11 is 0. The van der Waals surface area contributed by atoms with Crippen molar-refractivity contribution in [2.24, 2.45) is 11.8 Å². The van der Waals surface area contributed by atoms with Gasteiger partial charge in [-0.2, -0.15) is 0 Å². The predicted octanol–water partition coefficient (Wildman–Crippen LogP) is 16.5. The summed E-state index contributed by atoms with van der Waals surface area (Å²) in [5.74, 6) is 3.04. The molecule has 2 amide bonds. The minimum Gasteiger partial charge on any atom is -0.490 e. The molecule has 0 atom stereocenters. The second-order valence-corrected chi connectivity index (χ2v) is 17.0. The first-order valence-electron chi connectivity index (χ1n) is 23.3. The second kappa shape index (κ2) is 40.1. The molecule has 2 aromatic carbocycles. The fourth-order valence-corrected chi connectivity index (χ4v) is 8.64. The maximum absolute atomic E-state index is 12.4. The van der Waals surface area contributed by atoms with Gasteiger partial charge in [0.25, 0.3) is 0 Å². The SMILES string of the molecule is C.C.C.C.C.C.CCCCCCCCCc1ccc(OCCOC(=O)NC2CCC(CC3CCC(NC(=O)OCCOc4ccc(CCCCCCCCC)cc4)CC3)CC2)cc1. The van der Waals surface area contributed by atoms with Crippen molar-refractivity contribution >= 4 is 12.2 Å². The first-order chi connectivity index (χ1) is 28.0. The Morgan fingerprint density at radius 2 is 0.762 bits per heavy atom. The lowest BCUT2D eigenvalue weighted by Crippen LogP contribution is -2.39. The van der Waals surface area contributed by atoms with Crippen LogP contribution >= 0.6 is 0 Å². The van der Waals surface area contributed by atoms with E-state index in [0.29, 0.717) is 25.0 Å². The van der Waals surface area contributed by atoms with E-state index >= 15 is 0 Å². The standard InChI is InChI=1S/C49H78N2O6.6CH4/c1-3-5-7-9-11-13-15-17-40-23-31-46(32-24-40)54-35-37-56-48(52)50-44-27-19-42(20-28-44)39-43-21-29-45(30-22-43)51-49(53)57-38-36-55-47-33-25-41(26-34-47)18-16-14-12-10-8-6-4-2;;;;;;/h23-26,31-34,42-45H,3-22,27-30,35-39H2,1-2H3,(H,50,52)(H,51,53);6*1H4. The van der Waals surface area contributed by atoms with E-state index < -0.39 is 0 Å². The van der Waals surface area contributed by atoms with Gasteiger partial charge < -0.3 is 29.6 Å². The number of hydrogen-bond acceptors (Lipinski definition) is 6. The van der Waals surface area contributed by atoms with E-state index in [2.05, 4.69) is 48.7 Å². The molecule has 0 saturated heterocycles. The van der Waals surface area contributed by atoms with Crippen LogP contribution in [0.5, 0.6) is 11.5 Å². The molecule has 2 aromatic rings. The molecule has 2 aliphatic carbocycles. The van der Waals surface area contributed by atoms with Gasteiger partial charge in [0.15, 0.2) is 0 Å². The molecule has 8 heteroatoms. The molecular formula is C55H102N2O6. The number of carbonyl (C=O) groups excluding carboxylic acids is 2. The monoisotopic (exact) mass is 887 g/mol. The summed E-state index contributed by atoms with van der Waals surface area (Å²) in [7, 11) is 0. The van der Waals surface area contributed by atoms with Gasteiger partial charge in [0.2, 0.25) is 0 Å². The largest absolute Gasteiger partial charge is 0.490 e. The maximum atomic E-state index is 12.4. The third kappa shape index (κ3) is 28.9. The summed E-state index contributed by atoms with van der Waals surface area (Å²) in [6.45, 7) is 5.69. The number of unbranched alkanes of at least 4 members (excludes halogenated alkanes) is 12. The van der Waals surface area contributed by atoms with Gasteiger partial charge in [-0.25, -0.2) is 9.59 Å². The number of ether oxygens (including phenoxy) is 4. The highest BCUT2D eigenvalue weighted by Gasteiger charge is 2.28. The molecule has 8 nitrogen and oxygen atoms in total. The molecule has 368 valence electrons. The van der Waals surface area contributed by atoms with Gasteiger partial charge in [-0.3, -0.25) is 0 Å². The van der Waals surface area contributed by atoms with Gasteiger partial charge in [-0.05, 0) is 131 Å². The number of hydrogen-bond donors (Lipinski definition) is 2. The molecule has 2 N–H and O–H groups in total.